The van der Waals surface area contributed by atoms with Gasteiger partial charge >= 0.3 is 6.18 Å². The maximum Gasteiger partial charge on any atom is 0.401 e. The Hall–Kier alpha value is -0.830. The van der Waals surface area contributed by atoms with Crippen molar-refractivity contribution in [2.75, 3.05) is 44.2 Å². The zero-order chi connectivity index (χ0) is 20.8. The third-order valence-electron chi connectivity index (χ3n) is 4.57. The van der Waals surface area contributed by atoms with Crippen LogP contribution in [0, 0.1) is 0 Å². The molecular weight excluding hydrogens is 526 g/mol. The molecule has 2 unspecified atom stereocenters. The van der Waals surface area contributed by atoms with Crippen LogP contribution in [0.2, 0.25) is 0 Å². The van der Waals surface area contributed by atoms with Crippen molar-refractivity contribution in [2.24, 2.45) is 4.99 Å². The summed E-state index contributed by atoms with van der Waals surface area (Å²) in [5, 5.41) is 8.83. The Morgan fingerprint density at radius 3 is 2.52 bits per heavy atom. The molecular formula is C16H29F3IN5O3S. The van der Waals surface area contributed by atoms with Crippen LogP contribution in [0.3, 0.4) is 0 Å². The Morgan fingerprint density at radius 2 is 1.93 bits per heavy atom. The monoisotopic (exact) mass is 555 g/mol. The minimum absolute atomic E-state index is 0. The lowest BCUT2D eigenvalue weighted by Crippen LogP contribution is -2.45. The number of amides is 1. The van der Waals surface area contributed by atoms with Crippen LogP contribution in [0.25, 0.3) is 0 Å². The second-order valence-electron chi connectivity index (χ2n) is 7.16. The Kier molecular flexibility index (Phi) is 10.4. The van der Waals surface area contributed by atoms with Gasteiger partial charge in [-0.3, -0.25) is 14.7 Å². The van der Waals surface area contributed by atoms with Gasteiger partial charge in [0, 0.05) is 38.1 Å². The van der Waals surface area contributed by atoms with Gasteiger partial charge in [0.1, 0.15) is 0 Å². The maximum atomic E-state index is 12.5. The summed E-state index contributed by atoms with van der Waals surface area (Å²) < 4.78 is 60.2. The Morgan fingerprint density at radius 1 is 1.21 bits per heavy atom. The van der Waals surface area contributed by atoms with E-state index in [2.05, 4.69) is 20.9 Å². The predicted octanol–water partition coefficient (Wildman–Crippen LogP) is 0.490. The number of carbonyl (C=O) groups excluding carboxylic acids is 1. The van der Waals surface area contributed by atoms with Crippen LogP contribution in [0.4, 0.5) is 13.2 Å². The van der Waals surface area contributed by atoms with Gasteiger partial charge < -0.3 is 16.0 Å². The van der Waals surface area contributed by atoms with Crippen molar-refractivity contribution in [3.05, 3.63) is 0 Å². The van der Waals surface area contributed by atoms with Crippen molar-refractivity contribution in [1.29, 1.82) is 0 Å². The number of nitrogens with zero attached hydrogens (tertiary/aromatic N) is 2. The molecule has 1 amide bonds. The van der Waals surface area contributed by atoms with Crippen molar-refractivity contribution in [2.45, 2.75) is 44.4 Å². The molecule has 2 saturated heterocycles. The van der Waals surface area contributed by atoms with E-state index < -0.39 is 22.6 Å². The molecule has 2 aliphatic rings. The number of halogens is 4. The Labute approximate surface area is 186 Å². The van der Waals surface area contributed by atoms with Crippen LogP contribution in [0.5, 0.6) is 0 Å². The number of nitrogens with one attached hydrogen (secondary N) is 3. The van der Waals surface area contributed by atoms with Gasteiger partial charge in [0.25, 0.3) is 0 Å². The Balaban J connectivity index is 0.00000420. The summed E-state index contributed by atoms with van der Waals surface area (Å²) >= 11 is 0. The van der Waals surface area contributed by atoms with Gasteiger partial charge in [-0.05, 0) is 19.8 Å². The van der Waals surface area contributed by atoms with Crippen LogP contribution < -0.4 is 16.0 Å². The number of likely N-dealkylation sites (tertiary alicyclic amines) is 1. The van der Waals surface area contributed by atoms with Gasteiger partial charge in [0.05, 0.1) is 24.6 Å². The quantitative estimate of drug-likeness (QED) is 0.240. The first-order valence-electron chi connectivity index (χ1n) is 9.40. The van der Waals surface area contributed by atoms with Crippen LogP contribution in [0.1, 0.15) is 26.2 Å². The summed E-state index contributed by atoms with van der Waals surface area (Å²) in [6.07, 6.45) is -3.09. The number of aliphatic imine (C=N–C) groups is 1. The summed E-state index contributed by atoms with van der Waals surface area (Å²) in [6.45, 7) is 2.37. The largest absolute Gasteiger partial charge is 0.401 e. The fourth-order valence-electron chi connectivity index (χ4n) is 3.34. The highest BCUT2D eigenvalue weighted by atomic mass is 127. The third-order valence-corrected chi connectivity index (χ3v) is 6.33. The van der Waals surface area contributed by atoms with Crippen LogP contribution in [-0.4, -0.2) is 87.7 Å². The van der Waals surface area contributed by atoms with Crippen molar-refractivity contribution >= 4 is 45.7 Å². The van der Waals surface area contributed by atoms with Gasteiger partial charge in [-0.2, -0.15) is 13.2 Å². The summed E-state index contributed by atoms with van der Waals surface area (Å²) in [6, 6.07) is -0.483. The van der Waals surface area contributed by atoms with E-state index in [1.54, 1.807) is 0 Å². The minimum atomic E-state index is -4.21. The molecule has 0 bridgehead atoms. The standard InChI is InChI=1S/C16H28F3N5O3S.HI/c1-2-20-15(23-12-4-7-24(9-12)11-16(17,18)19)21-6-3-14(25)22-13-5-8-28(26,27)10-13;/h12-13H,2-11H2,1H3,(H,22,25)(H2,20,21,23);1H. The molecule has 0 aliphatic carbocycles. The van der Waals surface area contributed by atoms with E-state index >= 15 is 0 Å². The molecule has 0 saturated carbocycles. The molecule has 29 heavy (non-hydrogen) atoms. The zero-order valence-corrected chi connectivity index (χ0v) is 19.4. The zero-order valence-electron chi connectivity index (χ0n) is 16.3. The maximum absolute atomic E-state index is 12.5. The van der Waals surface area contributed by atoms with Crippen LogP contribution >= 0.6 is 24.0 Å². The SMILES string of the molecule is CCNC(=NCCC(=O)NC1CCS(=O)(=O)C1)NC1CCN(CC(F)(F)F)C1.I. The molecule has 2 heterocycles. The molecule has 2 rings (SSSR count). The van der Waals surface area contributed by atoms with E-state index in [1.165, 1.54) is 4.90 Å². The number of hydrogen-bond acceptors (Lipinski definition) is 5. The van der Waals surface area contributed by atoms with Crippen LogP contribution in [-0.2, 0) is 14.6 Å². The second kappa shape index (κ2) is 11.5. The van der Waals surface area contributed by atoms with E-state index in [-0.39, 0.29) is 73.0 Å². The topological polar surface area (TPSA) is 103 Å². The molecule has 0 aromatic heterocycles. The summed E-state index contributed by atoms with van der Waals surface area (Å²) in [7, 11) is -3.05. The van der Waals surface area contributed by atoms with E-state index in [4.69, 9.17) is 0 Å². The number of guanidine groups is 1. The molecule has 0 aromatic rings. The molecule has 0 aromatic carbocycles. The molecule has 13 heteroatoms. The van der Waals surface area contributed by atoms with E-state index in [0.29, 0.717) is 31.9 Å². The average Bonchev–Trinajstić information content (AvgIpc) is 3.11. The summed E-state index contributed by atoms with van der Waals surface area (Å²) in [5.74, 6) is 0.260. The van der Waals surface area contributed by atoms with Gasteiger partial charge in [-0.15, -0.1) is 24.0 Å². The fraction of sp³-hybridized carbons (Fsp3) is 0.875. The molecule has 2 atom stereocenters. The number of rotatable bonds is 7. The number of carbonyl (C=O) groups is 1. The van der Waals surface area contributed by atoms with Crippen LogP contribution in [0.15, 0.2) is 4.99 Å². The lowest BCUT2D eigenvalue weighted by molar-refractivity contribution is -0.143. The average molecular weight is 555 g/mol. The van der Waals surface area contributed by atoms with Crippen molar-refractivity contribution < 1.29 is 26.4 Å². The molecule has 170 valence electrons. The van der Waals surface area contributed by atoms with E-state index in [9.17, 15) is 26.4 Å². The molecule has 8 nitrogen and oxygen atoms in total. The molecule has 2 fully saturated rings. The van der Waals surface area contributed by atoms with E-state index in [0.717, 1.165) is 0 Å². The van der Waals surface area contributed by atoms with Crippen molar-refractivity contribution in [3.63, 3.8) is 0 Å². The van der Waals surface area contributed by atoms with Gasteiger partial charge in [-0.1, -0.05) is 0 Å². The molecule has 0 spiro atoms. The first kappa shape index (κ1) is 26.2. The molecule has 2 aliphatic heterocycles. The molecule has 0 radical (unpaired) electrons. The van der Waals surface area contributed by atoms with Crippen molar-refractivity contribution in [1.82, 2.24) is 20.9 Å². The van der Waals surface area contributed by atoms with Gasteiger partial charge in [-0.25, -0.2) is 8.42 Å². The number of hydrogen-bond donors (Lipinski definition) is 3. The van der Waals surface area contributed by atoms with Gasteiger partial charge in [0.15, 0.2) is 15.8 Å². The summed E-state index contributed by atoms with van der Waals surface area (Å²) in [5.41, 5.74) is 0. The lowest BCUT2D eigenvalue weighted by atomic mass is 10.2. The normalized spacial score (nSPS) is 24.8. The summed E-state index contributed by atoms with van der Waals surface area (Å²) in [4.78, 5) is 17.6. The van der Waals surface area contributed by atoms with E-state index in [1.807, 2.05) is 6.92 Å². The highest BCUT2D eigenvalue weighted by Gasteiger charge is 2.34. The van der Waals surface area contributed by atoms with Crippen molar-refractivity contribution in [3.8, 4) is 0 Å². The third kappa shape index (κ3) is 10.2. The lowest BCUT2D eigenvalue weighted by Gasteiger charge is -2.19. The minimum Gasteiger partial charge on any atom is -0.357 e. The number of alkyl halides is 3. The fourth-order valence-corrected chi connectivity index (χ4v) is 5.01. The number of sulfone groups is 1. The highest BCUT2D eigenvalue weighted by Crippen LogP contribution is 2.19. The highest BCUT2D eigenvalue weighted by molar-refractivity contribution is 14.0. The predicted molar refractivity (Wildman–Crippen MR) is 115 cm³/mol. The first-order valence-corrected chi connectivity index (χ1v) is 11.2. The molecule has 3 N–H and O–H groups in total. The first-order chi connectivity index (χ1) is 13.1. The van der Waals surface area contributed by atoms with Gasteiger partial charge in [0.2, 0.25) is 5.91 Å². The smallest absolute Gasteiger partial charge is 0.357 e. The Bertz CT molecular complexity index is 675. The second-order valence-corrected chi connectivity index (χ2v) is 9.39.